The number of nitrogens with zero attached hydrogens (tertiary/aromatic N) is 1. The Morgan fingerprint density at radius 1 is 1.11 bits per heavy atom. The summed E-state index contributed by atoms with van der Waals surface area (Å²) in [5.41, 5.74) is 3.78. The van der Waals surface area contributed by atoms with Crippen LogP contribution in [0, 0.1) is 5.92 Å². The molecule has 1 aliphatic heterocycles. The van der Waals surface area contributed by atoms with Crippen LogP contribution >= 0.6 is 0 Å². The van der Waals surface area contributed by atoms with Gasteiger partial charge >= 0.3 is 6.03 Å². The molecule has 27 heavy (non-hydrogen) atoms. The first-order chi connectivity index (χ1) is 13.0. The topological polar surface area (TPSA) is 61.4 Å². The summed E-state index contributed by atoms with van der Waals surface area (Å²) >= 11 is 0. The van der Waals surface area contributed by atoms with Crippen LogP contribution in [0.3, 0.4) is 0 Å². The number of fused-ring (bicyclic) bond motifs is 1. The van der Waals surface area contributed by atoms with Crippen LogP contribution in [-0.4, -0.2) is 24.5 Å². The van der Waals surface area contributed by atoms with Crippen molar-refractivity contribution in [3.63, 3.8) is 0 Å². The lowest BCUT2D eigenvalue weighted by Crippen LogP contribution is -2.37. The highest BCUT2D eigenvalue weighted by Crippen LogP contribution is 2.34. The van der Waals surface area contributed by atoms with Crippen molar-refractivity contribution in [1.29, 1.82) is 0 Å². The predicted octanol–water partition coefficient (Wildman–Crippen LogP) is 3.73. The maximum atomic E-state index is 13.0. The molecule has 0 saturated carbocycles. The molecule has 1 aliphatic rings. The van der Waals surface area contributed by atoms with Gasteiger partial charge in [0.1, 0.15) is 0 Å². The molecule has 5 nitrogen and oxygen atoms in total. The Labute approximate surface area is 160 Å². The first-order valence-electron chi connectivity index (χ1n) is 9.48. The Balaban J connectivity index is 1.73. The zero-order valence-electron chi connectivity index (χ0n) is 16.2. The van der Waals surface area contributed by atoms with Gasteiger partial charge in [-0.15, -0.1) is 0 Å². The smallest absolute Gasteiger partial charge is 0.315 e. The number of urea groups is 1. The van der Waals surface area contributed by atoms with E-state index < -0.39 is 0 Å². The van der Waals surface area contributed by atoms with Crippen molar-refractivity contribution >= 4 is 17.6 Å². The Bertz CT molecular complexity index is 818. The van der Waals surface area contributed by atoms with Crippen LogP contribution in [-0.2, 0) is 13.0 Å². The van der Waals surface area contributed by atoms with Gasteiger partial charge in [-0.05, 0) is 48.6 Å². The number of amides is 3. The van der Waals surface area contributed by atoms with Gasteiger partial charge in [-0.1, -0.05) is 44.2 Å². The Kier molecular flexibility index (Phi) is 5.79. The minimum Gasteiger partial charge on any atom is -0.338 e. The van der Waals surface area contributed by atoms with Crippen molar-refractivity contribution in [2.24, 2.45) is 5.92 Å². The highest BCUT2D eigenvalue weighted by Gasteiger charge is 2.31. The first kappa shape index (κ1) is 19.0. The molecule has 2 aromatic carbocycles. The van der Waals surface area contributed by atoms with Gasteiger partial charge in [0.15, 0.2) is 0 Å². The number of nitrogens with one attached hydrogen (secondary N) is 2. The summed E-state index contributed by atoms with van der Waals surface area (Å²) in [6.45, 7) is 7.25. The van der Waals surface area contributed by atoms with E-state index in [4.69, 9.17) is 0 Å². The van der Waals surface area contributed by atoms with Crippen LogP contribution in [0.25, 0.3) is 0 Å². The molecule has 1 heterocycles. The molecule has 2 N–H and O–H groups in total. The maximum absolute atomic E-state index is 13.0. The van der Waals surface area contributed by atoms with Gasteiger partial charge in [0.2, 0.25) is 0 Å². The number of benzene rings is 2. The molecule has 0 radical (unpaired) electrons. The molecule has 1 atom stereocenters. The Hall–Kier alpha value is -2.82. The van der Waals surface area contributed by atoms with Crippen molar-refractivity contribution in [3.8, 4) is 0 Å². The van der Waals surface area contributed by atoms with E-state index in [1.807, 2.05) is 47.4 Å². The third kappa shape index (κ3) is 4.48. The van der Waals surface area contributed by atoms with E-state index in [0.717, 1.165) is 17.7 Å². The van der Waals surface area contributed by atoms with E-state index in [9.17, 15) is 9.59 Å². The van der Waals surface area contributed by atoms with Crippen molar-refractivity contribution < 1.29 is 9.59 Å². The molecule has 0 fully saturated rings. The number of hydrogen-bond acceptors (Lipinski definition) is 2. The van der Waals surface area contributed by atoms with Gasteiger partial charge in [0.25, 0.3) is 5.91 Å². The van der Waals surface area contributed by atoms with Gasteiger partial charge in [-0.25, -0.2) is 4.79 Å². The molecule has 0 aromatic heterocycles. The van der Waals surface area contributed by atoms with Gasteiger partial charge < -0.3 is 15.5 Å². The van der Waals surface area contributed by atoms with Crippen LogP contribution in [0.4, 0.5) is 10.5 Å². The zero-order valence-corrected chi connectivity index (χ0v) is 16.2. The summed E-state index contributed by atoms with van der Waals surface area (Å²) in [7, 11) is 0. The lowest BCUT2D eigenvalue weighted by Gasteiger charge is -2.23. The minimum absolute atomic E-state index is 0.0154. The molecule has 3 amide bonds. The van der Waals surface area contributed by atoms with E-state index in [1.54, 1.807) is 0 Å². The Morgan fingerprint density at radius 2 is 1.85 bits per heavy atom. The molecule has 1 unspecified atom stereocenters. The second-order valence-corrected chi connectivity index (χ2v) is 7.51. The van der Waals surface area contributed by atoms with Crippen LogP contribution in [0.2, 0.25) is 0 Å². The van der Waals surface area contributed by atoms with Crippen LogP contribution in [0.1, 0.15) is 42.3 Å². The normalized spacial score (nSPS) is 15.6. The van der Waals surface area contributed by atoms with E-state index >= 15 is 0 Å². The summed E-state index contributed by atoms with van der Waals surface area (Å²) in [6, 6.07) is 15.4. The zero-order chi connectivity index (χ0) is 19.4. The number of hydrogen-bond donors (Lipinski definition) is 2. The lowest BCUT2D eigenvalue weighted by atomic mass is 10.1. The average Bonchev–Trinajstić information content (AvgIpc) is 2.99. The molecular weight excluding hydrogens is 338 g/mol. The summed E-state index contributed by atoms with van der Waals surface area (Å²) in [4.78, 5) is 26.7. The second-order valence-electron chi connectivity index (χ2n) is 7.51. The average molecular weight is 365 g/mol. The highest BCUT2D eigenvalue weighted by molar-refractivity contribution is 6.07. The summed E-state index contributed by atoms with van der Waals surface area (Å²) in [5, 5.41) is 5.72. The van der Waals surface area contributed by atoms with E-state index in [2.05, 4.69) is 37.5 Å². The number of rotatable bonds is 5. The number of anilines is 1. The number of carbonyl (C=O) groups is 2. The van der Waals surface area contributed by atoms with Gasteiger partial charge in [0, 0.05) is 30.4 Å². The van der Waals surface area contributed by atoms with Crippen molar-refractivity contribution in [3.05, 3.63) is 65.2 Å². The Morgan fingerprint density at radius 3 is 2.56 bits per heavy atom. The fraction of sp³-hybridized carbons (Fsp3) is 0.364. The molecule has 0 bridgehead atoms. The quantitative estimate of drug-likeness (QED) is 0.848. The van der Waals surface area contributed by atoms with Crippen molar-refractivity contribution in [2.45, 2.75) is 39.8 Å². The monoisotopic (exact) mass is 365 g/mol. The predicted molar refractivity (Wildman–Crippen MR) is 108 cm³/mol. The fourth-order valence-corrected chi connectivity index (χ4v) is 3.33. The lowest BCUT2D eigenvalue weighted by molar-refractivity contribution is 0.0981. The molecule has 0 saturated heterocycles. The summed E-state index contributed by atoms with van der Waals surface area (Å²) in [5.74, 6) is 0.427. The standard InChI is InChI=1S/C22H27N3O2/c1-15(2)13-23-22(27)24-14-17-9-10-19-11-16(3)25(20(19)12-17)21(26)18-7-5-4-6-8-18/h4-10,12,15-16H,11,13-14H2,1-3H3,(H2,23,24,27). The van der Waals surface area contributed by atoms with Gasteiger partial charge in [-0.3, -0.25) is 4.79 Å². The minimum atomic E-state index is -0.171. The SMILES string of the molecule is CC(C)CNC(=O)NCc1ccc2c(c1)N(C(=O)c1ccccc1)C(C)C2. The molecule has 2 aromatic rings. The van der Waals surface area contributed by atoms with E-state index in [-0.39, 0.29) is 18.0 Å². The largest absolute Gasteiger partial charge is 0.338 e. The van der Waals surface area contributed by atoms with Crippen LogP contribution in [0.15, 0.2) is 48.5 Å². The van der Waals surface area contributed by atoms with Crippen molar-refractivity contribution in [2.75, 3.05) is 11.4 Å². The summed E-state index contributed by atoms with van der Waals surface area (Å²) < 4.78 is 0. The first-order valence-corrected chi connectivity index (χ1v) is 9.48. The number of carbonyl (C=O) groups excluding carboxylic acids is 2. The molecule has 5 heteroatoms. The van der Waals surface area contributed by atoms with E-state index in [0.29, 0.717) is 24.6 Å². The molecule has 0 aliphatic carbocycles. The third-order valence-corrected chi connectivity index (χ3v) is 4.73. The van der Waals surface area contributed by atoms with Crippen molar-refractivity contribution in [1.82, 2.24) is 10.6 Å². The van der Waals surface area contributed by atoms with Crippen LogP contribution in [0.5, 0.6) is 0 Å². The van der Waals surface area contributed by atoms with Crippen LogP contribution < -0.4 is 15.5 Å². The fourth-order valence-electron chi connectivity index (χ4n) is 3.33. The van der Waals surface area contributed by atoms with Gasteiger partial charge in [0.05, 0.1) is 0 Å². The molecular formula is C22H27N3O2. The third-order valence-electron chi connectivity index (χ3n) is 4.73. The second kappa shape index (κ2) is 8.25. The van der Waals surface area contributed by atoms with Gasteiger partial charge in [-0.2, -0.15) is 0 Å². The van der Waals surface area contributed by atoms with E-state index in [1.165, 1.54) is 5.56 Å². The molecule has 142 valence electrons. The molecule has 3 rings (SSSR count). The maximum Gasteiger partial charge on any atom is 0.315 e. The molecule has 0 spiro atoms. The summed E-state index contributed by atoms with van der Waals surface area (Å²) in [6.07, 6.45) is 0.844. The highest BCUT2D eigenvalue weighted by atomic mass is 16.2.